The molecule has 4 aromatic rings. The van der Waals surface area contributed by atoms with Gasteiger partial charge in [-0.3, -0.25) is 4.79 Å². The van der Waals surface area contributed by atoms with Crippen LogP contribution in [0.25, 0.3) is 0 Å². The fraction of sp³-hybridized carbons (Fsp3) is 0.174. The lowest BCUT2D eigenvalue weighted by Crippen LogP contribution is -2.11. The van der Waals surface area contributed by atoms with Crippen molar-refractivity contribution in [2.24, 2.45) is 0 Å². The molecule has 2 heterocycles. The molecule has 30 heavy (non-hydrogen) atoms. The highest BCUT2D eigenvalue weighted by molar-refractivity contribution is 7.14. The van der Waals surface area contributed by atoms with Crippen molar-refractivity contribution >= 4 is 22.9 Å². The van der Waals surface area contributed by atoms with Crippen molar-refractivity contribution in [3.05, 3.63) is 99.3 Å². The lowest BCUT2D eigenvalue weighted by Gasteiger charge is -2.08. The molecule has 0 radical (unpaired) electrons. The predicted octanol–water partition coefficient (Wildman–Crippen LogP) is 4.99. The molecule has 4 rings (SSSR count). The molecule has 1 amide bonds. The zero-order chi connectivity index (χ0) is 21.1. The molecule has 0 aliphatic heterocycles. The summed E-state index contributed by atoms with van der Waals surface area (Å²) in [6.07, 6.45) is 4.30. The largest absolute Gasteiger partial charge is 0.331 e. The number of hydrogen-bond donors (Lipinski definition) is 1. The number of benzene rings is 2. The summed E-state index contributed by atoms with van der Waals surface area (Å²) in [5.41, 5.74) is 3.52. The molecule has 0 saturated carbocycles. The van der Waals surface area contributed by atoms with Gasteiger partial charge in [0.15, 0.2) is 0 Å². The van der Waals surface area contributed by atoms with Gasteiger partial charge in [0, 0.05) is 31.0 Å². The third-order valence-electron chi connectivity index (χ3n) is 4.80. The molecule has 152 valence electrons. The van der Waals surface area contributed by atoms with Crippen LogP contribution in [-0.4, -0.2) is 20.4 Å². The van der Waals surface area contributed by atoms with Crippen LogP contribution in [0.4, 0.5) is 10.1 Å². The third kappa shape index (κ3) is 4.63. The quantitative estimate of drug-likeness (QED) is 0.478. The second-order valence-electron chi connectivity index (χ2n) is 7.08. The zero-order valence-corrected chi connectivity index (χ0v) is 17.5. The minimum absolute atomic E-state index is 0.173. The molecule has 0 fully saturated rings. The van der Waals surface area contributed by atoms with E-state index in [1.165, 1.54) is 23.5 Å². The number of hydrogen-bond acceptors (Lipinski definition) is 4. The van der Waals surface area contributed by atoms with E-state index in [2.05, 4.69) is 19.9 Å². The van der Waals surface area contributed by atoms with Crippen molar-refractivity contribution in [3.8, 4) is 0 Å². The van der Waals surface area contributed by atoms with Crippen molar-refractivity contribution in [2.45, 2.75) is 26.8 Å². The second kappa shape index (κ2) is 8.59. The molecule has 0 aliphatic rings. The maximum absolute atomic E-state index is 13.1. The van der Waals surface area contributed by atoms with Gasteiger partial charge in [-0.1, -0.05) is 24.3 Å². The molecular formula is C23H21FN4OS. The first-order valence-corrected chi connectivity index (χ1v) is 10.4. The fourth-order valence-corrected chi connectivity index (χ4v) is 4.16. The average molecular weight is 421 g/mol. The molecule has 1 N–H and O–H groups in total. The Morgan fingerprint density at radius 2 is 1.77 bits per heavy atom. The third-order valence-corrected chi connectivity index (χ3v) is 5.96. The predicted molar refractivity (Wildman–Crippen MR) is 117 cm³/mol. The van der Waals surface area contributed by atoms with Gasteiger partial charge >= 0.3 is 0 Å². The molecule has 0 unspecified atom stereocenters. The van der Waals surface area contributed by atoms with E-state index in [0.717, 1.165) is 34.2 Å². The molecule has 0 atom stereocenters. The maximum atomic E-state index is 13.1. The number of aromatic nitrogens is 3. The SMILES string of the molecule is Cc1nc(Cc2ccc(F)cc2)sc1C(=O)Nc1ccc(Cn2ccnc2C)cc1. The molecule has 0 aliphatic carbocycles. The lowest BCUT2D eigenvalue weighted by atomic mass is 10.1. The normalized spacial score (nSPS) is 10.9. The standard InChI is InChI=1S/C23H21FN4OS/c1-15-22(30-21(26-15)13-17-3-7-19(24)8-4-17)23(29)27-20-9-5-18(6-10-20)14-28-12-11-25-16(28)2/h3-12H,13-14H2,1-2H3,(H,27,29). The number of carbonyl (C=O) groups is 1. The van der Waals surface area contributed by atoms with Gasteiger partial charge in [-0.15, -0.1) is 11.3 Å². The Kier molecular flexibility index (Phi) is 5.72. The van der Waals surface area contributed by atoms with Crippen LogP contribution >= 0.6 is 11.3 Å². The summed E-state index contributed by atoms with van der Waals surface area (Å²) in [6.45, 7) is 4.53. The summed E-state index contributed by atoms with van der Waals surface area (Å²) in [5, 5.41) is 3.77. The van der Waals surface area contributed by atoms with E-state index in [1.807, 2.05) is 44.3 Å². The van der Waals surface area contributed by atoms with E-state index in [4.69, 9.17) is 0 Å². The Labute approximate surface area is 178 Å². The summed E-state index contributed by atoms with van der Waals surface area (Å²) >= 11 is 1.37. The monoisotopic (exact) mass is 420 g/mol. The van der Waals surface area contributed by atoms with Gasteiger partial charge < -0.3 is 9.88 Å². The van der Waals surface area contributed by atoms with Crippen LogP contribution in [0, 0.1) is 19.7 Å². The van der Waals surface area contributed by atoms with Crippen LogP contribution in [0.2, 0.25) is 0 Å². The highest BCUT2D eigenvalue weighted by Crippen LogP contribution is 2.23. The number of carbonyl (C=O) groups excluding carboxylic acids is 1. The number of amides is 1. The van der Waals surface area contributed by atoms with Gasteiger partial charge in [0.1, 0.15) is 16.5 Å². The molecule has 2 aromatic carbocycles. The number of nitrogens with zero attached hydrogens (tertiary/aromatic N) is 3. The van der Waals surface area contributed by atoms with E-state index >= 15 is 0 Å². The van der Waals surface area contributed by atoms with Gasteiger partial charge in [-0.2, -0.15) is 0 Å². The van der Waals surface area contributed by atoms with Crippen molar-refractivity contribution in [1.82, 2.24) is 14.5 Å². The number of nitrogens with one attached hydrogen (secondary N) is 1. The summed E-state index contributed by atoms with van der Waals surface area (Å²) in [6, 6.07) is 14.1. The van der Waals surface area contributed by atoms with Crippen LogP contribution in [0.1, 0.15) is 37.3 Å². The molecule has 7 heteroatoms. The van der Waals surface area contributed by atoms with Crippen molar-refractivity contribution in [2.75, 3.05) is 5.32 Å². The van der Waals surface area contributed by atoms with Crippen molar-refractivity contribution < 1.29 is 9.18 Å². The molecule has 0 saturated heterocycles. The van der Waals surface area contributed by atoms with Crippen LogP contribution in [0.3, 0.4) is 0 Å². The van der Waals surface area contributed by atoms with E-state index in [0.29, 0.717) is 17.0 Å². The molecular weight excluding hydrogens is 399 g/mol. The highest BCUT2D eigenvalue weighted by Gasteiger charge is 2.16. The Bertz CT molecular complexity index is 1160. The van der Waals surface area contributed by atoms with Crippen LogP contribution in [0.15, 0.2) is 60.9 Å². The topological polar surface area (TPSA) is 59.8 Å². The number of rotatable bonds is 6. The van der Waals surface area contributed by atoms with Gasteiger partial charge in [0.2, 0.25) is 0 Å². The molecule has 5 nitrogen and oxygen atoms in total. The van der Waals surface area contributed by atoms with Crippen molar-refractivity contribution in [3.63, 3.8) is 0 Å². The van der Waals surface area contributed by atoms with E-state index < -0.39 is 0 Å². The minimum Gasteiger partial charge on any atom is -0.331 e. The molecule has 2 aromatic heterocycles. The number of anilines is 1. The second-order valence-corrected chi connectivity index (χ2v) is 8.16. The Hall–Kier alpha value is -3.32. The summed E-state index contributed by atoms with van der Waals surface area (Å²) in [4.78, 5) is 22.1. The van der Waals surface area contributed by atoms with Gasteiger partial charge in [0.05, 0.1) is 10.7 Å². The number of aryl methyl sites for hydroxylation is 2. The Balaban J connectivity index is 1.41. The van der Waals surface area contributed by atoms with E-state index in [9.17, 15) is 9.18 Å². The number of halogens is 1. The van der Waals surface area contributed by atoms with Gasteiger partial charge in [0.25, 0.3) is 5.91 Å². The first-order valence-electron chi connectivity index (χ1n) is 9.57. The van der Waals surface area contributed by atoms with Gasteiger partial charge in [-0.25, -0.2) is 14.4 Å². The van der Waals surface area contributed by atoms with Crippen LogP contribution in [0.5, 0.6) is 0 Å². The van der Waals surface area contributed by atoms with E-state index in [1.54, 1.807) is 18.3 Å². The summed E-state index contributed by atoms with van der Waals surface area (Å²) in [5.74, 6) is 0.526. The first kappa shape index (κ1) is 20.0. The van der Waals surface area contributed by atoms with Crippen LogP contribution in [-0.2, 0) is 13.0 Å². The average Bonchev–Trinajstić information content (AvgIpc) is 3.30. The number of imidazole rings is 1. The zero-order valence-electron chi connectivity index (χ0n) is 16.7. The lowest BCUT2D eigenvalue weighted by molar-refractivity contribution is 0.103. The van der Waals surface area contributed by atoms with Crippen LogP contribution < -0.4 is 5.32 Å². The number of thiazole rings is 1. The smallest absolute Gasteiger partial charge is 0.267 e. The first-order chi connectivity index (χ1) is 14.5. The molecule has 0 bridgehead atoms. The van der Waals surface area contributed by atoms with Crippen molar-refractivity contribution in [1.29, 1.82) is 0 Å². The fourth-order valence-electron chi connectivity index (χ4n) is 3.16. The van der Waals surface area contributed by atoms with E-state index in [-0.39, 0.29) is 11.7 Å². The summed E-state index contributed by atoms with van der Waals surface area (Å²) in [7, 11) is 0. The summed E-state index contributed by atoms with van der Waals surface area (Å²) < 4.78 is 15.1. The minimum atomic E-state index is -0.264. The maximum Gasteiger partial charge on any atom is 0.267 e. The Morgan fingerprint density at radius 1 is 1.07 bits per heavy atom. The Morgan fingerprint density at radius 3 is 2.43 bits per heavy atom. The highest BCUT2D eigenvalue weighted by atomic mass is 32.1. The molecule has 0 spiro atoms. The van der Waals surface area contributed by atoms with Gasteiger partial charge in [-0.05, 0) is 49.2 Å².